The average Bonchev–Trinajstić information content (AvgIpc) is 2.12. The molecule has 0 radical (unpaired) electrons. The Morgan fingerprint density at radius 2 is 2.00 bits per heavy atom. The first-order chi connectivity index (χ1) is 5.79. The van der Waals surface area contributed by atoms with Crippen molar-refractivity contribution in [1.82, 2.24) is 5.32 Å². The summed E-state index contributed by atoms with van der Waals surface area (Å²) in [6.07, 6.45) is 0.920. The minimum absolute atomic E-state index is 0. The van der Waals surface area contributed by atoms with Crippen LogP contribution in [0.3, 0.4) is 0 Å². The molecule has 0 atom stereocenters. The molecule has 0 spiro atoms. The second kappa shape index (κ2) is 3.85. The monoisotopic (exact) mass is 201 g/mol. The third-order valence-corrected chi connectivity index (χ3v) is 2.23. The number of hydrogen-bond acceptors (Lipinski definition) is 3. The minimum atomic E-state index is -0.0301. The first-order valence-corrected chi connectivity index (χ1v) is 4.02. The van der Waals surface area contributed by atoms with E-state index in [1.807, 2.05) is 6.07 Å². The largest absolute Gasteiger partial charge is 0.504 e. The molecule has 0 unspecified atom stereocenters. The molecule has 0 aromatic heterocycles. The topological polar surface area (TPSA) is 52.5 Å². The van der Waals surface area contributed by atoms with Gasteiger partial charge in [0.25, 0.3) is 0 Å². The van der Waals surface area contributed by atoms with Gasteiger partial charge in [-0.25, -0.2) is 0 Å². The van der Waals surface area contributed by atoms with E-state index in [9.17, 15) is 10.2 Å². The molecule has 1 aromatic carbocycles. The van der Waals surface area contributed by atoms with Crippen molar-refractivity contribution >= 4 is 12.4 Å². The van der Waals surface area contributed by atoms with Crippen LogP contribution < -0.4 is 5.32 Å². The Morgan fingerprint density at radius 3 is 2.77 bits per heavy atom. The first kappa shape index (κ1) is 10.2. The molecule has 72 valence electrons. The van der Waals surface area contributed by atoms with Crippen LogP contribution in [0.1, 0.15) is 11.1 Å². The Morgan fingerprint density at radius 1 is 1.23 bits per heavy atom. The summed E-state index contributed by atoms with van der Waals surface area (Å²) in [5, 5.41) is 21.8. The number of nitrogens with one attached hydrogen (secondary N) is 1. The summed E-state index contributed by atoms with van der Waals surface area (Å²) in [5.41, 5.74) is 1.96. The maximum absolute atomic E-state index is 9.45. The fourth-order valence-corrected chi connectivity index (χ4v) is 1.53. The van der Waals surface area contributed by atoms with Gasteiger partial charge in [-0.15, -0.1) is 12.4 Å². The zero-order valence-electron chi connectivity index (χ0n) is 7.08. The smallest absolute Gasteiger partial charge is 0.162 e. The van der Waals surface area contributed by atoms with Crippen molar-refractivity contribution in [3.8, 4) is 11.5 Å². The molecule has 0 fully saturated rings. The minimum Gasteiger partial charge on any atom is -0.504 e. The normalized spacial score (nSPS) is 14.5. The predicted octanol–water partition coefficient (Wildman–Crippen LogP) is 1.17. The van der Waals surface area contributed by atoms with Gasteiger partial charge < -0.3 is 15.5 Å². The number of rotatable bonds is 0. The van der Waals surface area contributed by atoms with Crippen LogP contribution in [-0.2, 0) is 13.0 Å². The van der Waals surface area contributed by atoms with Gasteiger partial charge in [0.05, 0.1) is 0 Å². The number of phenolic OH excluding ortho intramolecular Hbond substituents is 2. The highest BCUT2D eigenvalue weighted by molar-refractivity contribution is 5.85. The van der Waals surface area contributed by atoms with Crippen molar-refractivity contribution in [3.05, 3.63) is 23.3 Å². The van der Waals surface area contributed by atoms with Crippen LogP contribution in [0.2, 0.25) is 0 Å². The zero-order chi connectivity index (χ0) is 8.55. The Balaban J connectivity index is 0.000000845. The van der Waals surface area contributed by atoms with Crippen LogP contribution in [0.4, 0.5) is 0 Å². The number of halogens is 1. The molecular weight excluding hydrogens is 190 g/mol. The molecular formula is C9H12ClNO2. The Labute approximate surface area is 82.8 Å². The number of fused-ring (bicyclic) bond motifs is 1. The van der Waals surface area contributed by atoms with Crippen molar-refractivity contribution in [2.24, 2.45) is 0 Å². The highest BCUT2D eigenvalue weighted by Crippen LogP contribution is 2.32. The molecule has 13 heavy (non-hydrogen) atoms. The number of aromatic hydroxyl groups is 2. The molecule has 3 nitrogen and oxygen atoms in total. The van der Waals surface area contributed by atoms with Crippen LogP contribution in [0.15, 0.2) is 12.1 Å². The van der Waals surface area contributed by atoms with E-state index >= 15 is 0 Å². The fourth-order valence-electron chi connectivity index (χ4n) is 1.53. The lowest BCUT2D eigenvalue weighted by Gasteiger charge is -2.18. The van der Waals surface area contributed by atoms with Crippen molar-refractivity contribution in [1.29, 1.82) is 0 Å². The molecule has 0 bridgehead atoms. The molecule has 0 aliphatic carbocycles. The summed E-state index contributed by atoms with van der Waals surface area (Å²) in [6, 6.07) is 3.41. The fraction of sp³-hybridized carbons (Fsp3) is 0.333. The summed E-state index contributed by atoms with van der Waals surface area (Å²) >= 11 is 0. The lowest BCUT2D eigenvalue weighted by atomic mass is 10.00. The van der Waals surface area contributed by atoms with Crippen LogP contribution in [0.5, 0.6) is 11.5 Å². The van der Waals surface area contributed by atoms with Gasteiger partial charge in [-0.2, -0.15) is 0 Å². The Hall–Kier alpha value is -0.930. The molecule has 0 saturated heterocycles. The highest BCUT2D eigenvalue weighted by Gasteiger charge is 2.14. The van der Waals surface area contributed by atoms with E-state index in [1.165, 1.54) is 0 Å². The van der Waals surface area contributed by atoms with Gasteiger partial charge in [-0.3, -0.25) is 0 Å². The lowest BCUT2D eigenvalue weighted by Crippen LogP contribution is -2.23. The van der Waals surface area contributed by atoms with Gasteiger partial charge in [0, 0.05) is 12.1 Å². The van der Waals surface area contributed by atoms with Crippen LogP contribution in [0, 0.1) is 0 Å². The molecule has 1 aliphatic heterocycles. The van der Waals surface area contributed by atoms with Crippen molar-refractivity contribution in [2.75, 3.05) is 6.54 Å². The molecule has 2 rings (SSSR count). The van der Waals surface area contributed by atoms with Gasteiger partial charge in [0.1, 0.15) is 0 Å². The molecule has 1 heterocycles. The van der Waals surface area contributed by atoms with E-state index in [0.29, 0.717) is 6.54 Å². The van der Waals surface area contributed by atoms with E-state index in [1.54, 1.807) is 6.07 Å². The second-order valence-corrected chi connectivity index (χ2v) is 3.00. The second-order valence-electron chi connectivity index (χ2n) is 3.00. The number of hydrogen-bond donors (Lipinski definition) is 3. The Kier molecular flexibility index (Phi) is 3.01. The van der Waals surface area contributed by atoms with Crippen molar-refractivity contribution in [2.45, 2.75) is 13.0 Å². The molecule has 3 N–H and O–H groups in total. The molecule has 1 aliphatic rings. The van der Waals surface area contributed by atoms with Gasteiger partial charge in [0.2, 0.25) is 0 Å². The summed E-state index contributed by atoms with van der Waals surface area (Å²) < 4.78 is 0. The van der Waals surface area contributed by atoms with Gasteiger partial charge in [-0.1, -0.05) is 6.07 Å². The molecule has 0 amide bonds. The SMILES string of the molecule is Cl.Oc1ccc2c(c1O)CNCC2. The number of phenols is 2. The highest BCUT2D eigenvalue weighted by atomic mass is 35.5. The predicted molar refractivity (Wildman–Crippen MR) is 52.4 cm³/mol. The molecule has 0 saturated carbocycles. The quantitative estimate of drug-likeness (QED) is 0.553. The van der Waals surface area contributed by atoms with E-state index in [-0.39, 0.29) is 23.9 Å². The van der Waals surface area contributed by atoms with Gasteiger partial charge in [-0.05, 0) is 24.6 Å². The molecule has 4 heteroatoms. The standard InChI is InChI=1S/C9H11NO2.ClH/c11-8-2-1-6-3-4-10-5-7(6)9(8)12;/h1-2,10-12H,3-5H2;1H. The van der Waals surface area contributed by atoms with Crippen LogP contribution in [-0.4, -0.2) is 16.8 Å². The van der Waals surface area contributed by atoms with E-state index in [4.69, 9.17) is 0 Å². The zero-order valence-corrected chi connectivity index (χ0v) is 7.90. The maximum atomic E-state index is 9.45. The van der Waals surface area contributed by atoms with Crippen LogP contribution >= 0.6 is 12.4 Å². The van der Waals surface area contributed by atoms with Crippen molar-refractivity contribution in [3.63, 3.8) is 0 Å². The summed E-state index contributed by atoms with van der Waals surface area (Å²) in [6.45, 7) is 1.59. The van der Waals surface area contributed by atoms with Gasteiger partial charge >= 0.3 is 0 Å². The van der Waals surface area contributed by atoms with E-state index in [2.05, 4.69) is 5.32 Å². The maximum Gasteiger partial charge on any atom is 0.162 e. The average molecular weight is 202 g/mol. The summed E-state index contributed by atoms with van der Waals surface area (Å²) in [4.78, 5) is 0. The van der Waals surface area contributed by atoms with E-state index in [0.717, 1.165) is 24.1 Å². The summed E-state index contributed by atoms with van der Waals surface area (Å²) in [7, 11) is 0. The third kappa shape index (κ3) is 1.71. The van der Waals surface area contributed by atoms with E-state index < -0.39 is 0 Å². The summed E-state index contributed by atoms with van der Waals surface area (Å²) in [5.74, 6) is -0.00264. The third-order valence-electron chi connectivity index (χ3n) is 2.23. The van der Waals surface area contributed by atoms with Crippen LogP contribution in [0.25, 0.3) is 0 Å². The van der Waals surface area contributed by atoms with Crippen molar-refractivity contribution < 1.29 is 10.2 Å². The first-order valence-electron chi connectivity index (χ1n) is 4.02. The van der Waals surface area contributed by atoms with Gasteiger partial charge in [0.15, 0.2) is 11.5 Å². The Bertz CT molecular complexity index is 315. The lowest BCUT2D eigenvalue weighted by molar-refractivity contribution is 0.395. The number of benzene rings is 1. The molecule has 1 aromatic rings.